The minimum atomic E-state index is -0.339. The summed E-state index contributed by atoms with van der Waals surface area (Å²) in [6, 6.07) is 10.3. The summed E-state index contributed by atoms with van der Waals surface area (Å²) in [5.74, 6) is -0.674. The van der Waals surface area contributed by atoms with Crippen LogP contribution in [0.1, 0.15) is 54.0 Å². The largest absolute Gasteiger partial charge is 0.459 e. The van der Waals surface area contributed by atoms with Crippen LogP contribution >= 0.6 is 0 Å². The number of anilines is 1. The van der Waals surface area contributed by atoms with E-state index in [4.69, 9.17) is 4.42 Å². The van der Waals surface area contributed by atoms with Crippen molar-refractivity contribution in [2.45, 2.75) is 39.2 Å². The number of amides is 3. The van der Waals surface area contributed by atoms with E-state index in [9.17, 15) is 14.4 Å². The monoisotopic (exact) mass is 397 g/mol. The Hall–Kier alpha value is -3.09. The van der Waals surface area contributed by atoms with Gasteiger partial charge in [-0.1, -0.05) is 19.1 Å². The molecule has 3 rings (SSSR count). The second-order valence-electron chi connectivity index (χ2n) is 7.39. The van der Waals surface area contributed by atoms with Gasteiger partial charge in [0.15, 0.2) is 5.76 Å². The van der Waals surface area contributed by atoms with Crippen molar-refractivity contribution in [3.63, 3.8) is 0 Å². The van der Waals surface area contributed by atoms with Crippen LogP contribution in [0.3, 0.4) is 0 Å². The molecule has 0 saturated carbocycles. The second kappa shape index (κ2) is 9.41. The average molecular weight is 397 g/mol. The number of piperidine rings is 1. The molecule has 29 heavy (non-hydrogen) atoms. The van der Waals surface area contributed by atoms with Crippen molar-refractivity contribution >= 4 is 23.4 Å². The highest BCUT2D eigenvalue weighted by Crippen LogP contribution is 2.22. The summed E-state index contributed by atoms with van der Waals surface area (Å²) in [4.78, 5) is 39.6. The molecule has 2 heterocycles. The van der Waals surface area contributed by atoms with Crippen LogP contribution in [0, 0.1) is 5.92 Å². The van der Waals surface area contributed by atoms with Gasteiger partial charge in [0, 0.05) is 19.1 Å². The van der Waals surface area contributed by atoms with Gasteiger partial charge in [-0.05, 0) is 50.5 Å². The van der Waals surface area contributed by atoms with Gasteiger partial charge in [-0.3, -0.25) is 14.4 Å². The van der Waals surface area contributed by atoms with Crippen molar-refractivity contribution in [2.24, 2.45) is 5.92 Å². The Balaban J connectivity index is 1.67. The fraction of sp³-hybridized carbons (Fsp3) is 0.409. The standard InChI is InChI=1S/C22H27N3O4/c1-3-15(2)23-21(27)17-9-4-5-10-18(17)24-20(26)16-8-6-12-25(14-16)22(28)19-11-7-13-29-19/h4-5,7,9-11,13,15-16H,3,6,8,12,14H2,1-2H3,(H,23,27)(H,24,26)/t15-,16-/m0/s1. The third-order valence-electron chi connectivity index (χ3n) is 5.23. The lowest BCUT2D eigenvalue weighted by Gasteiger charge is -2.31. The minimum Gasteiger partial charge on any atom is -0.459 e. The quantitative estimate of drug-likeness (QED) is 0.782. The lowest BCUT2D eigenvalue weighted by atomic mass is 9.96. The van der Waals surface area contributed by atoms with E-state index >= 15 is 0 Å². The lowest BCUT2D eigenvalue weighted by molar-refractivity contribution is -0.121. The van der Waals surface area contributed by atoms with Gasteiger partial charge < -0.3 is 20.0 Å². The minimum absolute atomic E-state index is 0.0470. The molecule has 1 aliphatic rings. The number of para-hydroxylation sites is 1. The van der Waals surface area contributed by atoms with Gasteiger partial charge in [0.1, 0.15) is 0 Å². The van der Waals surface area contributed by atoms with Gasteiger partial charge in [-0.25, -0.2) is 0 Å². The molecule has 154 valence electrons. The number of nitrogens with one attached hydrogen (secondary N) is 2. The van der Waals surface area contributed by atoms with E-state index in [1.54, 1.807) is 41.3 Å². The zero-order valence-electron chi connectivity index (χ0n) is 16.8. The van der Waals surface area contributed by atoms with E-state index in [0.29, 0.717) is 30.8 Å². The summed E-state index contributed by atoms with van der Waals surface area (Å²) in [6.45, 7) is 4.85. The van der Waals surface area contributed by atoms with Crippen molar-refractivity contribution in [1.29, 1.82) is 0 Å². The lowest BCUT2D eigenvalue weighted by Crippen LogP contribution is -2.43. The maximum absolute atomic E-state index is 12.9. The molecular formula is C22H27N3O4. The van der Waals surface area contributed by atoms with Crippen molar-refractivity contribution in [1.82, 2.24) is 10.2 Å². The number of benzene rings is 1. The molecule has 2 N–H and O–H groups in total. The molecule has 7 nitrogen and oxygen atoms in total. The summed E-state index contributed by atoms with van der Waals surface area (Å²) < 4.78 is 5.19. The molecule has 0 aliphatic carbocycles. The first kappa shape index (κ1) is 20.6. The summed E-state index contributed by atoms with van der Waals surface area (Å²) in [7, 11) is 0. The molecule has 1 fully saturated rings. The van der Waals surface area contributed by atoms with Gasteiger partial charge in [0.2, 0.25) is 5.91 Å². The molecule has 0 spiro atoms. The first-order valence-electron chi connectivity index (χ1n) is 10.0. The van der Waals surface area contributed by atoms with Gasteiger partial charge in [-0.15, -0.1) is 0 Å². The molecule has 1 aromatic carbocycles. The highest BCUT2D eigenvalue weighted by atomic mass is 16.3. The highest BCUT2D eigenvalue weighted by Gasteiger charge is 2.30. The van der Waals surface area contributed by atoms with Crippen LogP contribution < -0.4 is 10.6 Å². The van der Waals surface area contributed by atoms with E-state index in [0.717, 1.165) is 12.8 Å². The molecule has 2 atom stereocenters. The summed E-state index contributed by atoms with van der Waals surface area (Å²) in [5.41, 5.74) is 0.910. The Morgan fingerprint density at radius 3 is 2.72 bits per heavy atom. The molecule has 0 radical (unpaired) electrons. The molecular weight excluding hydrogens is 370 g/mol. The maximum Gasteiger partial charge on any atom is 0.289 e. The van der Waals surface area contributed by atoms with E-state index < -0.39 is 0 Å². The fourth-order valence-corrected chi connectivity index (χ4v) is 3.36. The molecule has 1 aliphatic heterocycles. The average Bonchev–Trinajstić information content (AvgIpc) is 3.28. The smallest absolute Gasteiger partial charge is 0.289 e. The van der Waals surface area contributed by atoms with Crippen LogP contribution in [0.4, 0.5) is 5.69 Å². The third-order valence-corrected chi connectivity index (χ3v) is 5.23. The van der Waals surface area contributed by atoms with Gasteiger partial charge in [0.05, 0.1) is 23.4 Å². The van der Waals surface area contributed by atoms with Gasteiger partial charge in [-0.2, -0.15) is 0 Å². The van der Waals surface area contributed by atoms with Crippen molar-refractivity contribution in [3.05, 3.63) is 54.0 Å². The zero-order chi connectivity index (χ0) is 20.8. The molecule has 0 bridgehead atoms. The Kier molecular flexibility index (Phi) is 6.69. The molecule has 2 aromatic rings. The second-order valence-corrected chi connectivity index (χ2v) is 7.39. The van der Waals surface area contributed by atoms with E-state index in [-0.39, 0.29) is 35.4 Å². The van der Waals surface area contributed by atoms with Crippen LogP contribution in [0.25, 0.3) is 0 Å². The normalized spacial score (nSPS) is 17.4. The van der Waals surface area contributed by atoms with E-state index in [2.05, 4.69) is 10.6 Å². The SMILES string of the molecule is CC[C@H](C)NC(=O)c1ccccc1NC(=O)[C@H]1CCCN(C(=O)c2ccco2)C1. The predicted molar refractivity (Wildman–Crippen MR) is 110 cm³/mol. The number of hydrogen-bond donors (Lipinski definition) is 2. The van der Waals surface area contributed by atoms with Gasteiger partial charge in [0.25, 0.3) is 11.8 Å². The summed E-state index contributed by atoms with van der Waals surface area (Å²) in [6.07, 6.45) is 3.71. The van der Waals surface area contributed by atoms with Crippen LogP contribution in [-0.2, 0) is 4.79 Å². The number of rotatable bonds is 6. The first-order valence-corrected chi connectivity index (χ1v) is 10.0. The van der Waals surface area contributed by atoms with Crippen molar-refractivity contribution in [2.75, 3.05) is 18.4 Å². The zero-order valence-corrected chi connectivity index (χ0v) is 16.8. The molecule has 1 saturated heterocycles. The Labute approximate surface area is 170 Å². The Morgan fingerprint density at radius 2 is 2.00 bits per heavy atom. The number of furan rings is 1. The van der Waals surface area contributed by atoms with E-state index in [1.165, 1.54) is 6.26 Å². The van der Waals surface area contributed by atoms with Crippen molar-refractivity contribution in [3.8, 4) is 0 Å². The predicted octanol–water partition coefficient (Wildman–Crippen LogP) is 3.30. The van der Waals surface area contributed by atoms with Crippen LogP contribution in [0.2, 0.25) is 0 Å². The maximum atomic E-state index is 12.9. The Bertz CT molecular complexity index is 863. The fourth-order valence-electron chi connectivity index (χ4n) is 3.36. The molecule has 3 amide bonds. The first-order chi connectivity index (χ1) is 14.0. The summed E-state index contributed by atoms with van der Waals surface area (Å²) in [5, 5.41) is 5.81. The molecule has 0 unspecified atom stereocenters. The number of nitrogens with zero attached hydrogens (tertiary/aromatic N) is 1. The van der Waals surface area contributed by atoms with Gasteiger partial charge >= 0.3 is 0 Å². The number of carbonyl (C=O) groups excluding carboxylic acids is 3. The molecule has 1 aromatic heterocycles. The van der Waals surface area contributed by atoms with Crippen LogP contribution in [0.15, 0.2) is 47.1 Å². The number of likely N-dealkylation sites (tertiary alicyclic amines) is 1. The third kappa shape index (κ3) is 5.04. The van der Waals surface area contributed by atoms with Crippen LogP contribution in [-0.4, -0.2) is 41.8 Å². The topological polar surface area (TPSA) is 91.7 Å². The number of carbonyl (C=O) groups is 3. The molecule has 7 heteroatoms. The van der Waals surface area contributed by atoms with Crippen LogP contribution in [0.5, 0.6) is 0 Å². The van der Waals surface area contributed by atoms with E-state index in [1.807, 2.05) is 13.8 Å². The Morgan fingerprint density at radius 1 is 1.21 bits per heavy atom. The summed E-state index contributed by atoms with van der Waals surface area (Å²) >= 11 is 0. The number of hydrogen-bond acceptors (Lipinski definition) is 4. The van der Waals surface area contributed by atoms with Crippen molar-refractivity contribution < 1.29 is 18.8 Å². The highest BCUT2D eigenvalue weighted by molar-refractivity contribution is 6.04.